The fourth-order valence-corrected chi connectivity index (χ4v) is 2.88. The lowest BCUT2D eigenvalue weighted by Gasteiger charge is -2.23. The Labute approximate surface area is 121 Å². The number of nitrogens with two attached hydrogens (primary N) is 2. The molecular weight excluding hydrogens is 272 g/mol. The number of nitrogens with zero attached hydrogens (tertiary/aromatic N) is 2. The monoisotopic (exact) mass is 288 g/mol. The zero-order valence-electron chi connectivity index (χ0n) is 11.0. The van der Waals surface area contributed by atoms with E-state index in [0.29, 0.717) is 17.3 Å². The third-order valence-corrected chi connectivity index (χ3v) is 4.24. The van der Waals surface area contributed by atoms with Crippen molar-refractivity contribution in [1.29, 1.82) is 0 Å². The molecule has 1 fully saturated rings. The van der Waals surface area contributed by atoms with Gasteiger partial charge in [0.1, 0.15) is 5.82 Å². The van der Waals surface area contributed by atoms with Crippen LogP contribution in [0.4, 0.5) is 11.5 Å². The number of carbonyl (C=O) groups is 1. The predicted octanol–water partition coefficient (Wildman–Crippen LogP) is 1.99. The van der Waals surface area contributed by atoms with Crippen molar-refractivity contribution in [3.05, 3.63) is 40.2 Å². The molecule has 2 aromatic heterocycles. The standard InChI is InChI=1S/C14H16N4OS/c15-12-7-17-13(6-11(12)14(16)19)18(9-3-4-9)8-10-2-1-5-20-10/h1-2,5-7,9H,3-4,8,15H2,(H2,16,19). The Morgan fingerprint density at radius 2 is 2.30 bits per heavy atom. The van der Waals surface area contributed by atoms with Gasteiger partial charge in [0.25, 0.3) is 5.91 Å². The van der Waals surface area contributed by atoms with E-state index in [1.54, 1.807) is 17.4 Å². The van der Waals surface area contributed by atoms with Crippen LogP contribution in [0.1, 0.15) is 28.1 Å². The Morgan fingerprint density at radius 1 is 1.50 bits per heavy atom. The molecule has 4 N–H and O–H groups in total. The number of anilines is 2. The Bertz CT molecular complexity index is 622. The largest absolute Gasteiger partial charge is 0.397 e. The molecule has 0 atom stereocenters. The number of pyridine rings is 1. The summed E-state index contributed by atoms with van der Waals surface area (Å²) in [6.45, 7) is 0.803. The Balaban J connectivity index is 1.91. The molecular formula is C14H16N4OS. The smallest absolute Gasteiger partial charge is 0.250 e. The van der Waals surface area contributed by atoms with Crippen LogP contribution in [0.15, 0.2) is 29.8 Å². The normalized spacial score (nSPS) is 14.2. The summed E-state index contributed by atoms with van der Waals surface area (Å²) < 4.78 is 0. The van der Waals surface area contributed by atoms with Gasteiger partial charge in [0.15, 0.2) is 0 Å². The lowest BCUT2D eigenvalue weighted by molar-refractivity contribution is 0.100. The number of amides is 1. The van der Waals surface area contributed by atoms with Crippen LogP contribution in [-0.4, -0.2) is 16.9 Å². The van der Waals surface area contributed by atoms with Crippen molar-refractivity contribution in [1.82, 2.24) is 4.98 Å². The molecule has 1 aliphatic carbocycles. The van der Waals surface area contributed by atoms with Gasteiger partial charge in [-0.2, -0.15) is 0 Å². The number of hydrogen-bond donors (Lipinski definition) is 2. The van der Waals surface area contributed by atoms with Gasteiger partial charge in [-0.1, -0.05) is 6.07 Å². The minimum atomic E-state index is -0.516. The summed E-state index contributed by atoms with van der Waals surface area (Å²) in [5, 5.41) is 2.06. The number of aromatic nitrogens is 1. The molecule has 2 heterocycles. The average Bonchev–Trinajstić information content (AvgIpc) is 3.14. The molecule has 20 heavy (non-hydrogen) atoms. The molecule has 5 nitrogen and oxygen atoms in total. The van der Waals surface area contributed by atoms with Crippen molar-refractivity contribution in [3.63, 3.8) is 0 Å². The lowest BCUT2D eigenvalue weighted by Crippen LogP contribution is -2.26. The fourth-order valence-electron chi connectivity index (χ4n) is 2.18. The van der Waals surface area contributed by atoms with Crippen molar-refractivity contribution in [2.45, 2.75) is 25.4 Å². The topological polar surface area (TPSA) is 85.2 Å². The number of primary amides is 1. The molecule has 6 heteroatoms. The van der Waals surface area contributed by atoms with Gasteiger partial charge >= 0.3 is 0 Å². The molecule has 1 saturated carbocycles. The summed E-state index contributed by atoms with van der Waals surface area (Å²) in [5.74, 6) is 0.252. The first-order chi connectivity index (χ1) is 9.65. The Hall–Kier alpha value is -2.08. The number of nitrogen functional groups attached to an aromatic ring is 1. The maximum Gasteiger partial charge on any atom is 0.250 e. The van der Waals surface area contributed by atoms with Gasteiger partial charge in [-0.3, -0.25) is 4.79 Å². The van der Waals surface area contributed by atoms with Crippen LogP contribution in [0.3, 0.4) is 0 Å². The van der Waals surface area contributed by atoms with Gasteiger partial charge in [0.2, 0.25) is 0 Å². The Kier molecular flexibility index (Phi) is 3.31. The van der Waals surface area contributed by atoms with Gasteiger partial charge in [-0.15, -0.1) is 11.3 Å². The third kappa shape index (κ3) is 2.60. The molecule has 0 radical (unpaired) electrons. The van der Waals surface area contributed by atoms with E-state index in [4.69, 9.17) is 11.5 Å². The van der Waals surface area contributed by atoms with Crippen LogP contribution in [0.2, 0.25) is 0 Å². The van der Waals surface area contributed by atoms with Gasteiger partial charge in [-0.25, -0.2) is 4.98 Å². The maximum absolute atomic E-state index is 11.4. The first kappa shape index (κ1) is 12.9. The first-order valence-electron chi connectivity index (χ1n) is 6.49. The average molecular weight is 288 g/mol. The second-order valence-corrected chi connectivity index (χ2v) is 5.96. The molecule has 0 spiro atoms. The number of thiophene rings is 1. The van der Waals surface area contributed by atoms with Crippen LogP contribution in [0.25, 0.3) is 0 Å². The van der Waals surface area contributed by atoms with E-state index in [1.807, 2.05) is 6.07 Å². The number of carbonyl (C=O) groups excluding carboxylic acids is 1. The van der Waals surface area contributed by atoms with E-state index in [1.165, 1.54) is 11.1 Å². The molecule has 104 valence electrons. The Morgan fingerprint density at radius 3 is 2.90 bits per heavy atom. The first-order valence-corrected chi connectivity index (χ1v) is 7.37. The summed E-state index contributed by atoms with van der Waals surface area (Å²) >= 11 is 1.72. The van der Waals surface area contributed by atoms with Crippen molar-refractivity contribution >= 4 is 28.7 Å². The second kappa shape index (κ2) is 5.13. The van der Waals surface area contributed by atoms with E-state index in [0.717, 1.165) is 25.2 Å². The summed E-state index contributed by atoms with van der Waals surface area (Å²) in [5.41, 5.74) is 11.8. The highest BCUT2D eigenvalue weighted by atomic mass is 32.1. The lowest BCUT2D eigenvalue weighted by atomic mass is 10.2. The van der Waals surface area contributed by atoms with Crippen LogP contribution in [0.5, 0.6) is 0 Å². The summed E-state index contributed by atoms with van der Waals surface area (Å²) in [6, 6.07) is 6.33. The van der Waals surface area contributed by atoms with Crippen LogP contribution < -0.4 is 16.4 Å². The molecule has 0 aromatic carbocycles. The molecule has 0 saturated heterocycles. The van der Waals surface area contributed by atoms with Crippen molar-refractivity contribution in [2.24, 2.45) is 5.73 Å². The quantitative estimate of drug-likeness (QED) is 0.881. The van der Waals surface area contributed by atoms with Gasteiger partial charge in [0, 0.05) is 10.9 Å². The van der Waals surface area contributed by atoms with Gasteiger partial charge in [-0.05, 0) is 30.4 Å². The summed E-state index contributed by atoms with van der Waals surface area (Å²) in [6.07, 6.45) is 3.83. The van der Waals surface area contributed by atoms with Crippen molar-refractivity contribution in [2.75, 3.05) is 10.6 Å². The number of rotatable bonds is 5. The minimum absolute atomic E-state index is 0.327. The summed E-state index contributed by atoms with van der Waals surface area (Å²) in [7, 11) is 0. The van der Waals surface area contributed by atoms with Crippen molar-refractivity contribution < 1.29 is 4.79 Å². The zero-order valence-corrected chi connectivity index (χ0v) is 11.8. The SMILES string of the molecule is NC(=O)c1cc(N(Cc2cccs2)C2CC2)ncc1N. The predicted molar refractivity (Wildman–Crippen MR) is 80.7 cm³/mol. The van der Waals surface area contributed by atoms with Gasteiger partial charge in [0.05, 0.1) is 24.0 Å². The van der Waals surface area contributed by atoms with Crippen LogP contribution in [-0.2, 0) is 6.54 Å². The zero-order chi connectivity index (χ0) is 14.1. The molecule has 2 aromatic rings. The highest BCUT2D eigenvalue weighted by Crippen LogP contribution is 2.33. The highest BCUT2D eigenvalue weighted by molar-refractivity contribution is 7.09. The van der Waals surface area contributed by atoms with E-state index in [2.05, 4.69) is 21.3 Å². The summed E-state index contributed by atoms with van der Waals surface area (Å²) in [4.78, 5) is 19.3. The molecule has 0 unspecified atom stereocenters. The fraction of sp³-hybridized carbons (Fsp3) is 0.286. The van der Waals surface area contributed by atoms with Gasteiger partial charge < -0.3 is 16.4 Å². The molecule has 3 rings (SSSR count). The number of hydrogen-bond acceptors (Lipinski definition) is 5. The molecule has 1 amide bonds. The second-order valence-electron chi connectivity index (χ2n) is 4.93. The van der Waals surface area contributed by atoms with E-state index < -0.39 is 5.91 Å². The minimum Gasteiger partial charge on any atom is -0.397 e. The molecule has 1 aliphatic rings. The van der Waals surface area contributed by atoms with Crippen LogP contribution in [0, 0.1) is 0 Å². The maximum atomic E-state index is 11.4. The van der Waals surface area contributed by atoms with E-state index >= 15 is 0 Å². The van der Waals surface area contributed by atoms with Crippen molar-refractivity contribution in [3.8, 4) is 0 Å². The molecule has 0 aliphatic heterocycles. The highest BCUT2D eigenvalue weighted by Gasteiger charge is 2.30. The van der Waals surface area contributed by atoms with Crippen LogP contribution >= 0.6 is 11.3 Å². The molecule has 0 bridgehead atoms. The van der Waals surface area contributed by atoms with E-state index in [9.17, 15) is 4.79 Å². The third-order valence-electron chi connectivity index (χ3n) is 3.37. The van der Waals surface area contributed by atoms with E-state index in [-0.39, 0.29) is 0 Å².